The number of carbonyl (C=O) groups excluding carboxylic acids is 1. The number of hydrogen-bond donors (Lipinski definition) is 1. The first-order valence-electron chi connectivity index (χ1n) is 7.12. The fourth-order valence-electron chi connectivity index (χ4n) is 2.64. The van der Waals surface area contributed by atoms with Gasteiger partial charge in [0, 0.05) is 30.1 Å². The fraction of sp³-hybridized carbons (Fsp3) is 0.333. The van der Waals surface area contributed by atoms with Gasteiger partial charge in [0.2, 0.25) is 6.10 Å². The van der Waals surface area contributed by atoms with Crippen LogP contribution in [0.2, 0.25) is 5.02 Å². The van der Waals surface area contributed by atoms with Crippen molar-refractivity contribution in [1.29, 1.82) is 0 Å². The molecule has 24 heavy (non-hydrogen) atoms. The number of benzene rings is 1. The van der Waals surface area contributed by atoms with E-state index in [2.05, 4.69) is 5.10 Å². The summed E-state index contributed by atoms with van der Waals surface area (Å²) in [7, 11) is 0. The molecule has 128 valence electrons. The number of fused-ring (bicyclic) bond motifs is 1. The maximum atomic E-state index is 12.5. The lowest BCUT2D eigenvalue weighted by Crippen LogP contribution is -2.48. The van der Waals surface area contributed by atoms with Crippen LogP contribution in [0.25, 0.3) is 5.69 Å². The summed E-state index contributed by atoms with van der Waals surface area (Å²) in [6, 6.07) is 6.98. The van der Waals surface area contributed by atoms with Gasteiger partial charge in [0.1, 0.15) is 0 Å². The molecule has 2 aromatic rings. The van der Waals surface area contributed by atoms with Crippen molar-refractivity contribution in [3.63, 3.8) is 0 Å². The Labute approximate surface area is 140 Å². The van der Waals surface area contributed by atoms with Gasteiger partial charge in [0.15, 0.2) is 0 Å². The average Bonchev–Trinajstić information content (AvgIpc) is 2.96. The van der Waals surface area contributed by atoms with Crippen molar-refractivity contribution in [2.24, 2.45) is 0 Å². The standard InChI is InChI=1S/C15H13ClF3N3O2/c16-10-1-3-11(4-2-10)22-12-5-6-21(8-9(12)7-20-22)14(24)13(23)15(17,18)19/h1-4,7,13,23H,5-6,8H2. The minimum atomic E-state index is -4.97. The van der Waals surface area contributed by atoms with Crippen LogP contribution in [0, 0.1) is 0 Å². The highest BCUT2D eigenvalue weighted by atomic mass is 35.5. The van der Waals surface area contributed by atoms with Gasteiger partial charge in [-0.3, -0.25) is 4.79 Å². The van der Waals surface area contributed by atoms with E-state index in [1.807, 2.05) is 0 Å². The second kappa shape index (κ2) is 6.10. The first-order valence-corrected chi connectivity index (χ1v) is 7.50. The number of halogens is 4. The highest BCUT2D eigenvalue weighted by molar-refractivity contribution is 6.30. The number of amides is 1. The number of nitrogens with zero attached hydrogens (tertiary/aromatic N) is 3. The quantitative estimate of drug-likeness (QED) is 0.895. The first-order chi connectivity index (χ1) is 11.3. The summed E-state index contributed by atoms with van der Waals surface area (Å²) in [6.07, 6.45) is -6.10. The third-order valence-corrected chi connectivity index (χ3v) is 4.11. The van der Waals surface area contributed by atoms with Gasteiger partial charge in [0.25, 0.3) is 5.91 Å². The Hall–Kier alpha value is -2.06. The Kier molecular flexibility index (Phi) is 4.27. The maximum Gasteiger partial charge on any atom is 0.423 e. The predicted octanol–water partition coefficient (Wildman–Crippen LogP) is 2.33. The van der Waals surface area contributed by atoms with E-state index in [1.54, 1.807) is 28.9 Å². The fourth-order valence-corrected chi connectivity index (χ4v) is 2.76. The molecular weight excluding hydrogens is 347 g/mol. The molecule has 1 aliphatic heterocycles. The van der Waals surface area contributed by atoms with Crippen molar-refractivity contribution in [1.82, 2.24) is 14.7 Å². The van der Waals surface area contributed by atoms with E-state index in [9.17, 15) is 18.0 Å². The van der Waals surface area contributed by atoms with E-state index in [1.165, 1.54) is 6.20 Å². The van der Waals surface area contributed by atoms with E-state index >= 15 is 0 Å². The molecule has 0 aliphatic carbocycles. The van der Waals surface area contributed by atoms with Crippen molar-refractivity contribution >= 4 is 17.5 Å². The molecule has 5 nitrogen and oxygen atoms in total. The van der Waals surface area contributed by atoms with Crippen LogP contribution >= 0.6 is 11.6 Å². The van der Waals surface area contributed by atoms with Crippen LogP contribution in [0.1, 0.15) is 11.3 Å². The summed E-state index contributed by atoms with van der Waals surface area (Å²) in [5.74, 6) is -1.34. The molecule has 3 rings (SSSR count). The summed E-state index contributed by atoms with van der Waals surface area (Å²) >= 11 is 5.85. The molecule has 1 amide bonds. The van der Waals surface area contributed by atoms with E-state index in [0.29, 0.717) is 17.0 Å². The SMILES string of the molecule is O=C(C(O)C(F)(F)F)N1CCc2c(cnn2-c2ccc(Cl)cc2)C1. The first kappa shape index (κ1) is 16.8. The Morgan fingerprint density at radius 1 is 1.29 bits per heavy atom. The third-order valence-electron chi connectivity index (χ3n) is 3.86. The number of aliphatic hydroxyl groups excluding tert-OH is 1. The van der Waals surface area contributed by atoms with Crippen molar-refractivity contribution in [2.45, 2.75) is 25.2 Å². The van der Waals surface area contributed by atoms with Gasteiger partial charge < -0.3 is 10.0 Å². The Bertz CT molecular complexity index is 758. The number of hydrogen-bond acceptors (Lipinski definition) is 3. The number of aromatic nitrogens is 2. The molecular formula is C15H13ClF3N3O2. The number of aliphatic hydroxyl groups is 1. The van der Waals surface area contributed by atoms with Crippen LogP contribution in [-0.2, 0) is 17.8 Å². The van der Waals surface area contributed by atoms with Crippen LogP contribution < -0.4 is 0 Å². The largest absolute Gasteiger partial charge is 0.423 e. The second-order valence-electron chi connectivity index (χ2n) is 5.46. The smallest absolute Gasteiger partial charge is 0.376 e. The summed E-state index contributed by atoms with van der Waals surface area (Å²) in [4.78, 5) is 12.8. The van der Waals surface area contributed by atoms with Gasteiger partial charge in [-0.05, 0) is 24.3 Å². The summed E-state index contributed by atoms with van der Waals surface area (Å²) in [5, 5.41) is 13.9. The molecule has 1 aromatic heterocycles. The summed E-state index contributed by atoms with van der Waals surface area (Å²) < 4.78 is 39.1. The summed E-state index contributed by atoms with van der Waals surface area (Å²) in [6.45, 7) is 0.0627. The molecule has 0 spiro atoms. The van der Waals surface area contributed by atoms with Gasteiger partial charge in [-0.1, -0.05) is 11.6 Å². The third kappa shape index (κ3) is 3.11. The number of alkyl halides is 3. The normalized spacial score (nSPS) is 16.0. The highest BCUT2D eigenvalue weighted by Crippen LogP contribution is 2.26. The van der Waals surface area contributed by atoms with Crippen LogP contribution in [0.15, 0.2) is 30.5 Å². The molecule has 0 saturated heterocycles. The lowest BCUT2D eigenvalue weighted by molar-refractivity contribution is -0.211. The van der Waals surface area contributed by atoms with Gasteiger partial charge in [-0.2, -0.15) is 18.3 Å². The molecule has 0 radical (unpaired) electrons. The van der Waals surface area contributed by atoms with E-state index in [-0.39, 0.29) is 13.1 Å². The lowest BCUT2D eigenvalue weighted by atomic mass is 10.1. The molecule has 2 heterocycles. The van der Waals surface area contributed by atoms with Gasteiger partial charge in [0.05, 0.1) is 17.6 Å². The number of rotatable bonds is 2. The zero-order valence-corrected chi connectivity index (χ0v) is 13.1. The topological polar surface area (TPSA) is 58.4 Å². The van der Waals surface area contributed by atoms with Crippen molar-refractivity contribution in [3.8, 4) is 5.69 Å². The van der Waals surface area contributed by atoms with Crippen LogP contribution in [0.3, 0.4) is 0 Å². The lowest BCUT2D eigenvalue weighted by Gasteiger charge is -2.29. The molecule has 1 aromatic carbocycles. The molecule has 1 unspecified atom stereocenters. The molecule has 1 aliphatic rings. The van der Waals surface area contributed by atoms with Gasteiger partial charge >= 0.3 is 6.18 Å². The van der Waals surface area contributed by atoms with E-state index in [0.717, 1.165) is 16.3 Å². The van der Waals surface area contributed by atoms with Crippen LogP contribution in [0.4, 0.5) is 13.2 Å². The molecule has 1 atom stereocenters. The summed E-state index contributed by atoms with van der Waals surface area (Å²) in [5.41, 5.74) is 2.25. The second-order valence-corrected chi connectivity index (χ2v) is 5.90. The zero-order chi connectivity index (χ0) is 17.5. The Balaban J connectivity index is 1.81. The van der Waals surface area contributed by atoms with Crippen LogP contribution in [-0.4, -0.2) is 44.5 Å². The minimum absolute atomic E-state index is 0.0190. The van der Waals surface area contributed by atoms with Crippen molar-refractivity contribution < 1.29 is 23.1 Å². The molecule has 9 heteroatoms. The van der Waals surface area contributed by atoms with Crippen LogP contribution in [0.5, 0.6) is 0 Å². The predicted molar refractivity (Wildman–Crippen MR) is 79.8 cm³/mol. The zero-order valence-electron chi connectivity index (χ0n) is 12.3. The highest BCUT2D eigenvalue weighted by Gasteiger charge is 2.46. The average molecular weight is 360 g/mol. The molecule has 0 bridgehead atoms. The van der Waals surface area contributed by atoms with Crippen molar-refractivity contribution in [2.75, 3.05) is 6.54 Å². The number of carbonyl (C=O) groups is 1. The van der Waals surface area contributed by atoms with Gasteiger partial charge in [-0.25, -0.2) is 4.68 Å². The van der Waals surface area contributed by atoms with Gasteiger partial charge in [-0.15, -0.1) is 0 Å². The Morgan fingerprint density at radius 3 is 2.58 bits per heavy atom. The van der Waals surface area contributed by atoms with E-state index in [4.69, 9.17) is 16.7 Å². The van der Waals surface area contributed by atoms with E-state index < -0.39 is 18.2 Å². The molecule has 1 N–H and O–H groups in total. The molecule has 0 saturated carbocycles. The minimum Gasteiger partial charge on any atom is -0.376 e. The molecule has 0 fully saturated rings. The van der Waals surface area contributed by atoms with Crippen molar-refractivity contribution in [3.05, 3.63) is 46.7 Å². The monoisotopic (exact) mass is 359 g/mol. The Morgan fingerprint density at radius 2 is 1.96 bits per heavy atom. The maximum absolute atomic E-state index is 12.5.